The van der Waals surface area contributed by atoms with E-state index in [0.29, 0.717) is 23.6 Å². The number of allylic oxidation sites excluding steroid dienone is 2. The van der Waals surface area contributed by atoms with Crippen LogP contribution < -0.4 is 20.1 Å². The maximum atomic E-state index is 14.2. The molecule has 47 heavy (non-hydrogen) atoms. The van der Waals surface area contributed by atoms with Gasteiger partial charge in [0, 0.05) is 36.8 Å². The third-order valence-electron chi connectivity index (χ3n) is 7.02. The highest BCUT2D eigenvalue weighted by molar-refractivity contribution is 6.00. The summed E-state index contributed by atoms with van der Waals surface area (Å²) in [5.74, 6) is -3.33. The zero-order chi connectivity index (χ0) is 34.9. The fourth-order valence-corrected chi connectivity index (χ4v) is 4.84. The van der Waals surface area contributed by atoms with Crippen LogP contribution in [0.4, 0.5) is 18.9 Å². The molecular weight excluding hydrogens is 627 g/mol. The van der Waals surface area contributed by atoms with Crippen LogP contribution in [0.25, 0.3) is 0 Å². The van der Waals surface area contributed by atoms with Gasteiger partial charge in [0.05, 0.1) is 42.3 Å². The number of hydrogen-bond donors (Lipinski definition) is 3. The molecule has 3 rings (SSSR count). The predicted octanol–water partition coefficient (Wildman–Crippen LogP) is 4.47. The number of hydrogen-bond acceptors (Lipinski definition) is 11. The first-order chi connectivity index (χ1) is 22.2. The molecule has 1 heterocycles. The molecule has 0 aromatic heterocycles. The number of nitro groups is 1. The number of carbonyl (C=O) groups excluding carboxylic acids is 2. The number of aliphatic hydroxyl groups is 1. The normalized spacial score (nSPS) is 15.7. The molecule has 0 amide bonds. The van der Waals surface area contributed by atoms with E-state index < -0.39 is 52.0 Å². The Labute approximate surface area is 269 Å². The first-order valence-corrected chi connectivity index (χ1v) is 14.8. The summed E-state index contributed by atoms with van der Waals surface area (Å²) in [4.78, 5) is 37.3. The number of carbonyl (C=O) groups is 2. The summed E-state index contributed by atoms with van der Waals surface area (Å²) in [6.07, 6.45) is -5.65. The number of non-ortho nitro benzene ring substituents is 1. The second-order valence-electron chi connectivity index (χ2n) is 10.9. The molecule has 3 N–H and O–H groups in total. The number of nitrogens with one attached hydrogen (secondary N) is 2. The molecule has 0 radical (unpaired) electrons. The number of methoxy groups -OCH3 is 1. The van der Waals surface area contributed by atoms with Crippen LogP contribution >= 0.6 is 0 Å². The van der Waals surface area contributed by atoms with E-state index in [9.17, 15) is 38.0 Å². The van der Waals surface area contributed by atoms with Crippen LogP contribution in [0.15, 0.2) is 65.0 Å². The highest BCUT2D eigenvalue weighted by Gasteiger charge is 2.47. The van der Waals surface area contributed by atoms with Gasteiger partial charge in [-0.2, -0.15) is 13.2 Å². The molecule has 0 aliphatic carbocycles. The third kappa shape index (κ3) is 9.68. The molecule has 2 atom stereocenters. The Morgan fingerprint density at radius 3 is 2.40 bits per heavy atom. The molecule has 15 heteroatoms. The standard InChI is InChI=1S/C32H38F3N3O9/c1-6-45-31(41)28-27(21-8-7-9-22(15-21)38(42)43)26(19(4)37-29(28)32(33,34)35)30(40)46-13-12-20-10-11-24(25(14-20)44-5)47-17-23(39)16-36-18(2)3/h7-11,14-15,18,23,27,36-37,39H,6,12-13,16-17H2,1-5H3. The van der Waals surface area contributed by atoms with Gasteiger partial charge in [0.15, 0.2) is 11.5 Å². The Balaban J connectivity index is 1.86. The summed E-state index contributed by atoms with van der Waals surface area (Å²) in [5.41, 5.74) is -2.86. The highest BCUT2D eigenvalue weighted by Crippen LogP contribution is 2.44. The molecular formula is C32H38F3N3O9. The van der Waals surface area contributed by atoms with Gasteiger partial charge in [0.2, 0.25) is 0 Å². The number of rotatable bonds is 15. The number of alkyl halides is 3. The molecule has 0 saturated heterocycles. The Hall–Kier alpha value is -4.63. The summed E-state index contributed by atoms with van der Waals surface area (Å²) in [7, 11) is 1.44. The summed E-state index contributed by atoms with van der Waals surface area (Å²) >= 11 is 0. The Bertz CT molecular complexity index is 1520. The average Bonchev–Trinajstić information content (AvgIpc) is 3.01. The minimum atomic E-state index is -5.06. The zero-order valence-electron chi connectivity index (χ0n) is 26.6. The van der Waals surface area contributed by atoms with Gasteiger partial charge in [-0.15, -0.1) is 0 Å². The molecule has 12 nitrogen and oxygen atoms in total. The van der Waals surface area contributed by atoms with Crippen LogP contribution in [0, 0.1) is 10.1 Å². The van der Waals surface area contributed by atoms with E-state index in [1.54, 1.807) is 18.2 Å². The topological polar surface area (TPSA) is 158 Å². The summed E-state index contributed by atoms with van der Waals surface area (Å²) in [6.45, 7) is 6.40. The van der Waals surface area contributed by atoms with Crippen LogP contribution in [-0.2, 0) is 25.5 Å². The Kier molecular flexibility index (Phi) is 12.8. The second-order valence-corrected chi connectivity index (χ2v) is 10.9. The number of nitrogens with zero attached hydrogens (tertiary/aromatic N) is 1. The second kappa shape index (κ2) is 16.3. The summed E-state index contributed by atoms with van der Waals surface area (Å²) in [6, 6.07) is 9.83. The summed E-state index contributed by atoms with van der Waals surface area (Å²) in [5, 5.41) is 26.8. The van der Waals surface area contributed by atoms with Crippen molar-refractivity contribution in [3.05, 3.63) is 86.2 Å². The Morgan fingerprint density at radius 2 is 1.79 bits per heavy atom. The van der Waals surface area contributed by atoms with E-state index in [0.717, 1.165) is 12.1 Å². The lowest BCUT2D eigenvalue weighted by Gasteiger charge is -2.32. The number of dihydropyridines is 1. The van der Waals surface area contributed by atoms with Crippen molar-refractivity contribution in [2.45, 2.75) is 58.4 Å². The van der Waals surface area contributed by atoms with E-state index >= 15 is 0 Å². The van der Waals surface area contributed by atoms with Crippen molar-refractivity contribution >= 4 is 17.6 Å². The molecule has 0 fully saturated rings. The van der Waals surface area contributed by atoms with Gasteiger partial charge in [-0.05, 0) is 37.1 Å². The number of esters is 2. The van der Waals surface area contributed by atoms with Gasteiger partial charge in [-0.1, -0.05) is 32.0 Å². The van der Waals surface area contributed by atoms with Crippen molar-refractivity contribution in [1.29, 1.82) is 0 Å². The van der Waals surface area contributed by atoms with Gasteiger partial charge in [-0.3, -0.25) is 10.1 Å². The van der Waals surface area contributed by atoms with Crippen LogP contribution in [0.1, 0.15) is 44.7 Å². The first kappa shape index (κ1) is 36.8. The fraction of sp³-hybridized carbons (Fsp3) is 0.438. The van der Waals surface area contributed by atoms with E-state index in [4.69, 9.17) is 18.9 Å². The number of nitro benzene ring substituents is 1. The van der Waals surface area contributed by atoms with Crippen molar-refractivity contribution in [3.8, 4) is 11.5 Å². The molecule has 2 aromatic rings. The largest absolute Gasteiger partial charge is 0.493 e. The predicted molar refractivity (Wildman–Crippen MR) is 164 cm³/mol. The van der Waals surface area contributed by atoms with Crippen molar-refractivity contribution < 1.29 is 51.7 Å². The van der Waals surface area contributed by atoms with Crippen LogP contribution in [-0.4, -0.2) is 73.8 Å². The van der Waals surface area contributed by atoms with Gasteiger partial charge in [-0.25, -0.2) is 9.59 Å². The van der Waals surface area contributed by atoms with E-state index in [1.807, 2.05) is 13.8 Å². The quantitative estimate of drug-likeness (QED) is 0.140. The minimum absolute atomic E-state index is 0.0135. The smallest absolute Gasteiger partial charge is 0.431 e. The van der Waals surface area contributed by atoms with Crippen LogP contribution in [0.3, 0.4) is 0 Å². The van der Waals surface area contributed by atoms with E-state index in [-0.39, 0.29) is 49.1 Å². The molecule has 0 bridgehead atoms. The van der Waals surface area contributed by atoms with E-state index in [2.05, 4.69) is 10.6 Å². The minimum Gasteiger partial charge on any atom is -0.493 e. The van der Waals surface area contributed by atoms with Crippen molar-refractivity contribution in [3.63, 3.8) is 0 Å². The van der Waals surface area contributed by atoms with E-state index in [1.165, 1.54) is 33.1 Å². The lowest BCUT2D eigenvalue weighted by molar-refractivity contribution is -0.384. The lowest BCUT2D eigenvalue weighted by Crippen LogP contribution is -2.38. The van der Waals surface area contributed by atoms with Crippen LogP contribution in [0.5, 0.6) is 11.5 Å². The monoisotopic (exact) mass is 665 g/mol. The summed E-state index contributed by atoms with van der Waals surface area (Å²) < 4.78 is 64.1. The highest BCUT2D eigenvalue weighted by atomic mass is 19.4. The van der Waals surface area contributed by atoms with Crippen molar-refractivity contribution in [2.24, 2.45) is 0 Å². The number of aliphatic hydroxyl groups excluding tert-OH is 1. The zero-order valence-corrected chi connectivity index (χ0v) is 26.6. The molecule has 2 aromatic carbocycles. The molecule has 256 valence electrons. The maximum Gasteiger partial charge on any atom is 0.431 e. The van der Waals surface area contributed by atoms with Gasteiger partial charge < -0.3 is 34.7 Å². The average molecular weight is 666 g/mol. The maximum absolute atomic E-state index is 14.2. The molecule has 1 aliphatic heterocycles. The third-order valence-corrected chi connectivity index (χ3v) is 7.02. The molecule has 2 unspecified atom stereocenters. The van der Waals surface area contributed by atoms with Crippen molar-refractivity contribution in [1.82, 2.24) is 10.6 Å². The first-order valence-electron chi connectivity index (χ1n) is 14.8. The number of benzene rings is 2. The van der Waals surface area contributed by atoms with Gasteiger partial charge in [0.25, 0.3) is 5.69 Å². The SMILES string of the molecule is CCOC(=O)C1=C(C(F)(F)F)NC(C)=C(C(=O)OCCc2ccc(OCC(O)CNC(C)C)c(OC)c2)C1c1cccc([N+](=O)[O-])c1. The lowest BCUT2D eigenvalue weighted by atomic mass is 9.80. The molecule has 0 saturated carbocycles. The fourth-order valence-electron chi connectivity index (χ4n) is 4.84. The van der Waals surface area contributed by atoms with Crippen LogP contribution in [0.2, 0.25) is 0 Å². The molecule has 1 aliphatic rings. The molecule has 0 spiro atoms. The van der Waals surface area contributed by atoms with Gasteiger partial charge >= 0.3 is 18.1 Å². The number of ether oxygens (including phenoxy) is 4. The van der Waals surface area contributed by atoms with Gasteiger partial charge in [0.1, 0.15) is 18.4 Å². The Morgan fingerprint density at radius 1 is 1.09 bits per heavy atom. The number of halogens is 3. The van der Waals surface area contributed by atoms with Crippen molar-refractivity contribution in [2.75, 3.05) is 33.5 Å².